The van der Waals surface area contributed by atoms with Crippen molar-refractivity contribution >= 4 is 39.0 Å². The lowest BCUT2D eigenvalue weighted by Gasteiger charge is -2.43. The molecule has 0 saturated heterocycles. The van der Waals surface area contributed by atoms with Crippen molar-refractivity contribution < 1.29 is 43.3 Å². The molecule has 1 saturated carbocycles. The van der Waals surface area contributed by atoms with Crippen LogP contribution in [0.15, 0.2) is 59.1 Å². The van der Waals surface area contributed by atoms with Gasteiger partial charge in [0.1, 0.15) is 27.3 Å². The van der Waals surface area contributed by atoms with Crippen molar-refractivity contribution in [3.8, 4) is 11.6 Å². The summed E-state index contributed by atoms with van der Waals surface area (Å²) in [5.74, 6) is -2.07. The predicted octanol–water partition coefficient (Wildman–Crippen LogP) is 4.09. The Morgan fingerprint density at radius 3 is 2.73 bits per heavy atom. The summed E-state index contributed by atoms with van der Waals surface area (Å²) in [6.07, 6.45) is 6.01. The highest BCUT2D eigenvalue weighted by Crippen LogP contribution is 2.41. The van der Waals surface area contributed by atoms with Gasteiger partial charge in [0, 0.05) is 42.8 Å². The number of aliphatic hydroxyl groups is 3. The number of carbonyl (C=O) groups is 2. The molecule has 2 amide bonds. The van der Waals surface area contributed by atoms with Gasteiger partial charge in [-0.3, -0.25) is 19.0 Å². The number of nitrogens with one attached hydrogen (secondary N) is 1. The molecule has 3 aliphatic rings. The van der Waals surface area contributed by atoms with Gasteiger partial charge in [0.15, 0.2) is 0 Å². The topological polar surface area (TPSA) is 185 Å². The summed E-state index contributed by atoms with van der Waals surface area (Å²) in [6, 6.07) is 10.9. The van der Waals surface area contributed by atoms with Crippen LogP contribution in [0.25, 0.3) is 0 Å². The van der Waals surface area contributed by atoms with E-state index in [1.54, 1.807) is 44.3 Å². The average Bonchev–Trinajstić information content (AvgIpc) is 3.52. The minimum atomic E-state index is -3.90. The predicted molar refractivity (Wildman–Crippen MR) is 208 cm³/mol. The molecular weight excluding hydrogens is 750 g/mol. The van der Waals surface area contributed by atoms with Gasteiger partial charge >= 0.3 is 0 Å². The number of methoxy groups -OCH3 is 1. The van der Waals surface area contributed by atoms with Crippen LogP contribution < -0.4 is 19.1 Å². The molecule has 16 heteroatoms. The van der Waals surface area contributed by atoms with Gasteiger partial charge in [-0.05, 0) is 85.4 Å². The van der Waals surface area contributed by atoms with Gasteiger partial charge in [-0.15, -0.1) is 9.46 Å². The van der Waals surface area contributed by atoms with Gasteiger partial charge in [0.05, 0.1) is 50.6 Å². The van der Waals surface area contributed by atoms with Gasteiger partial charge in [-0.1, -0.05) is 36.7 Å². The van der Waals surface area contributed by atoms with Crippen LogP contribution in [0.1, 0.15) is 64.4 Å². The summed E-state index contributed by atoms with van der Waals surface area (Å²) < 4.78 is 40.5. The summed E-state index contributed by atoms with van der Waals surface area (Å²) >= 11 is 6.45. The van der Waals surface area contributed by atoms with E-state index in [0.29, 0.717) is 36.2 Å². The van der Waals surface area contributed by atoms with Gasteiger partial charge < -0.3 is 34.4 Å². The smallest absolute Gasteiger partial charge is 0.286 e. The normalized spacial score (nSPS) is 27.1. The van der Waals surface area contributed by atoms with Crippen LogP contribution >= 0.6 is 11.6 Å². The van der Waals surface area contributed by atoms with Crippen LogP contribution in [0, 0.1) is 17.8 Å². The number of ether oxygens (including phenoxy) is 3. The second-order valence-electron chi connectivity index (χ2n) is 14.6. The van der Waals surface area contributed by atoms with Crippen LogP contribution in [-0.2, 0) is 34.7 Å². The molecule has 2 aliphatic heterocycles. The molecule has 3 aromatic rings. The Morgan fingerprint density at radius 2 is 1.98 bits per heavy atom. The van der Waals surface area contributed by atoms with Crippen LogP contribution in [0.3, 0.4) is 0 Å². The van der Waals surface area contributed by atoms with E-state index in [9.17, 15) is 29.1 Å². The maximum Gasteiger partial charge on any atom is 0.286 e. The third-order valence-corrected chi connectivity index (χ3v) is 12.7. The van der Waals surface area contributed by atoms with Gasteiger partial charge in [-0.25, -0.2) is 4.21 Å². The molecule has 2 bridgehead atoms. The zero-order valence-corrected chi connectivity index (χ0v) is 32.9. The molecule has 1 fully saturated rings. The number of aromatic nitrogens is 2. The van der Waals surface area contributed by atoms with E-state index in [2.05, 4.69) is 19.1 Å². The fourth-order valence-corrected chi connectivity index (χ4v) is 9.45. The van der Waals surface area contributed by atoms with Crippen LogP contribution in [0.4, 0.5) is 5.69 Å². The van der Waals surface area contributed by atoms with Crippen molar-refractivity contribution in [1.29, 1.82) is 0 Å². The van der Waals surface area contributed by atoms with Crippen LogP contribution in [0.5, 0.6) is 11.6 Å². The highest BCUT2D eigenvalue weighted by atomic mass is 35.5. The van der Waals surface area contributed by atoms with Crippen LogP contribution in [0.2, 0.25) is 5.02 Å². The molecular formula is C39H50ClN5O9S. The third-order valence-electron chi connectivity index (χ3n) is 10.5. The number of benzene rings is 2. The van der Waals surface area contributed by atoms with Crippen molar-refractivity contribution in [2.45, 2.75) is 63.9 Å². The summed E-state index contributed by atoms with van der Waals surface area (Å²) in [5.41, 5.74) is 3.01. The number of hydrogen-bond donors (Lipinski definition) is 4. The van der Waals surface area contributed by atoms with Crippen molar-refractivity contribution in [2.75, 3.05) is 44.1 Å². The molecule has 3 heterocycles. The van der Waals surface area contributed by atoms with Gasteiger partial charge in [-0.2, -0.15) is 0 Å². The minimum absolute atomic E-state index is 0.00544. The molecule has 298 valence electrons. The van der Waals surface area contributed by atoms with Crippen molar-refractivity contribution in [1.82, 2.24) is 14.5 Å². The molecule has 1 aliphatic carbocycles. The van der Waals surface area contributed by atoms with Crippen LogP contribution in [-0.4, -0.2) is 98.7 Å². The number of anilines is 1. The Labute approximate surface area is 326 Å². The number of nitrogens with zero attached hydrogens (tertiary/aromatic N) is 4. The molecule has 7 atom stereocenters. The zero-order valence-electron chi connectivity index (χ0n) is 31.3. The Balaban J connectivity index is 1.47. The first-order valence-corrected chi connectivity index (χ1v) is 20.7. The number of aliphatic hydroxyl groups excluding tert-OH is 3. The standard InChI is InChI=1S/C39H50ClN5O9S/c1-24-23-55(51,43-38(50)32-20-44(2)41-39(32)52-3)42-37(49)26-9-13-36-33(17-26)45(18-27-7-10-29(40)16-25(27)6-4-5-15-53-36)19-28-8-11-31(28)34(48)12-14-35(24)54-22-30(47)21-46/h7,9-10,12-14,16-17,20,24,28,30-31,34-35,46-48H,4-6,8,11,15,18-19,21-23H2,1-3H3,(H,42,43,49,50,51)/b14-12+/t24-,28+,30?,31-,34+,35+,55+/m1/s1. The van der Waals surface area contributed by atoms with E-state index in [0.717, 1.165) is 43.2 Å². The summed E-state index contributed by atoms with van der Waals surface area (Å²) in [4.78, 5) is 30.0. The first-order valence-electron chi connectivity index (χ1n) is 18.6. The molecule has 6 rings (SSSR count). The number of halogens is 1. The Hall–Kier alpha value is -3.99. The van der Waals surface area contributed by atoms with E-state index in [4.69, 9.17) is 25.8 Å². The largest absolute Gasteiger partial charge is 0.491 e. The molecule has 1 unspecified atom stereocenters. The fourth-order valence-electron chi connectivity index (χ4n) is 7.37. The van der Waals surface area contributed by atoms with E-state index in [-0.39, 0.29) is 41.2 Å². The SMILES string of the molecule is COc1nn(C)cc1C(=O)N[S@@]1(=O)=NC(=O)c2ccc3c(c2)N(Cc2ccc(Cl)cc2CCCCO3)C[C@@H]2CC[C@H]2[C@@H](O)/C=C/[C@H](OCC(O)CO)[C@H](C)C1. The minimum Gasteiger partial charge on any atom is -0.491 e. The monoisotopic (exact) mass is 799 g/mol. The molecule has 0 spiro atoms. The summed E-state index contributed by atoms with van der Waals surface area (Å²) in [5, 5.41) is 35.9. The Bertz CT molecular complexity index is 2010. The number of fused-ring (bicyclic) bond motifs is 3. The quantitative estimate of drug-likeness (QED) is 0.253. The first kappa shape index (κ1) is 40.7. The van der Waals surface area contributed by atoms with E-state index < -0.39 is 52.6 Å². The van der Waals surface area contributed by atoms with Gasteiger partial charge in [0.2, 0.25) is 5.88 Å². The highest BCUT2D eigenvalue weighted by Gasteiger charge is 2.38. The number of aryl methyl sites for hydroxylation is 2. The lowest BCUT2D eigenvalue weighted by molar-refractivity contribution is -0.0266. The molecule has 0 radical (unpaired) electrons. The lowest BCUT2D eigenvalue weighted by Crippen LogP contribution is -2.43. The first-order chi connectivity index (χ1) is 26.4. The fraction of sp³-hybridized carbons (Fsp3) is 0.513. The van der Waals surface area contributed by atoms with E-state index >= 15 is 0 Å². The average molecular weight is 800 g/mol. The van der Waals surface area contributed by atoms with Crippen molar-refractivity contribution in [3.05, 3.63) is 82.0 Å². The molecule has 1 aromatic heterocycles. The summed E-state index contributed by atoms with van der Waals surface area (Å²) in [6.45, 7) is 2.39. The van der Waals surface area contributed by atoms with E-state index in [1.807, 2.05) is 18.2 Å². The molecule has 2 aromatic carbocycles. The summed E-state index contributed by atoms with van der Waals surface area (Å²) in [7, 11) is -0.945. The lowest BCUT2D eigenvalue weighted by atomic mass is 9.70. The third kappa shape index (κ3) is 9.88. The molecule has 14 nitrogen and oxygen atoms in total. The number of carbonyl (C=O) groups excluding carboxylic acids is 2. The van der Waals surface area contributed by atoms with E-state index in [1.165, 1.54) is 18.0 Å². The second-order valence-corrected chi connectivity index (χ2v) is 17.1. The maximum absolute atomic E-state index is 14.9. The Morgan fingerprint density at radius 1 is 1.16 bits per heavy atom. The maximum atomic E-state index is 14.9. The molecule has 55 heavy (non-hydrogen) atoms. The zero-order chi connectivity index (χ0) is 39.3. The Kier molecular flexibility index (Phi) is 13.2. The highest BCUT2D eigenvalue weighted by molar-refractivity contribution is 7.92. The van der Waals surface area contributed by atoms with Crippen molar-refractivity contribution in [3.63, 3.8) is 0 Å². The molecule has 4 N–H and O–H groups in total. The van der Waals surface area contributed by atoms with Gasteiger partial charge in [0.25, 0.3) is 11.8 Å². The van der Waals surface area contributed by atoms with Crippen molar-refractivity contribution in [2.24, 2.45) is 29.2 Å². The number of rotatable bonds is 7. The second kappa shape index (κ2) is 17.9. The number of hydrogen-bond acceptors (Lipinski definition) is 11. The number of amides is 2.